The van der Waals surface area contributed by atoms with Crippen LogP contribution in [0.5, 0.6) is 0 Å². The van der Waals surface area contributed by atoms with E-state index >= 15 is 0 Å². The van der Waals surface area contributed by atoms with E-state index in [0.29, 0.717) is 30.3 Å². The minimum atomic E-state index is -0.101. The van der Waals surface area contributed by atoms with E-state index in [4.69, 9.17) is 0 Å². The zero-order valence-corrected chi connectivity index (χ0v) is 17.8. The predicted octanol–water partition coefficient (Wildman–Crippen LogP) is 4.49. The molecule has 3 aromatic heterocycles. The van der Waals surface area contributed by atoms with Crippen LogP contribution in [0.1, 0.15) is 15.9 Å². The lowest BCUT2D eigenvalue weighted by Gasteiger charge is -2.09. The van der Waals surface area contributed by atoms with Gasteiger partial charge in [0.1, 0.15) is 11.6 Å². The molecule has 0 atom stereocenters. The highest BCUT2D eigenvalue weighted by atomic mass is 32.1. The Morgan fingerprint density at radius 3 is 2.45 bits per heavy atom. The molecule has 3 N–H and O–H groups in total. The van der Waals surface area contributed by atoms with Gasteiger partial charge in [-0.05, 0) is 65.9 Å². The summed E-state index contributed by atoms with van der Waals surface area (Å²) in [5.74, 6) is 1.87. The van der Waals surface area contributed by atoms with Crippen molar-refractivity contribution in [1.82, 2.24) is 20.5 Å². The molecule has 0 saturated heterocycles. The summed E-state index contributed by atoms with van der Waals surface area (Å²) in [4.78, 5) is 17.7. The third-order valence-electron chi connectivity index (χ3n) is 4.51. The first kappa shape index (κ1) is 20.5. The molecule has 31 heavy (non-hydrogen) atoms. The molecule has 4 aromatic rings. The number of carbonyl (C=O) groups excluding carboxylic acids is 1. The van der Waals surface area contributed by atoms with Crippen LogP contribution in [0, 0.1) is 6.92 Å². The second-order valence-corrected chi connectivity index (χ2v) is 7.83. The van der Waals surface area contributed by atoms with Gasteiger partial charge in [-0.15, -0.1) is 21.5 Å². The van der Waals surface area contributed by atoms with Gasteiger partial charge in [0.05, 0.1) is 0 Å². The molecule has 0 bridgehead atoms. The molecule has 0 aliphatic rings. The molecule has 8 heteroatoms. The monoisotopic (exact) mass is 430 g/mol. The fourth-order valence-corrected chi connectivity index (χ4v) is 3.66. The van der Waals surface area contributed by atoms with Crippen molar-refractivity contribution < 1.29 is 4.79 Å². The quantitative estimate of drug-likeness (QED) is 0.357. The lowest BCUT2D eigenvalue weighted by molar-refractivity contribution is 0.0955. The summed E-state index contributed by atoms with van der Waals surface area (Å²) in [5.41, 5.74) is 2.87. The number of hydrogen-bond donors (Lipinski definition) is 3. The van der Waals surface area contributed by atoms with Crippen molar-refractivity contribution in [3.05, 3.63) is 83.4 Å². The number of carbonyl (C=O) groups is 1. The summed E-state index contributed by atoms with van der Waals surface area (Å²) < 4.78 is 0. The summed E-state index contributed by atoms with van der Waals surface area (Å²) in [6.45, 7) is 3.02. The van der Waals surface area contributed by atoms with Crippen molar-refractivity contribution in [2.45, 2.75) is 6.92 Å². The second kappa shape index (κ2) is 9.82. The highest BCUT2D eigenvalue weighted by molar-refractivity contribution is 7.13. The number of pyridine rings is 1. The number of nitrogens with zero attached hydrogens (tertiary/aromatic N) is 3. The molecule has 1 aromatic carbocycles. The lowest BCUT2D eigenvalue weighted by atomic mass is 10.1. The Kier molecular flexibility index (Phi) is 6.49. The van der Waals surface area contributed by atoms with Gasteiger partial charge in [0.2, 0.25) is 0 Å². The molecule has 156 valence electrons. The molecule has 0 aliphatic carbocycles. The third kappa shape index (κ3) is 5.64. The average Bonchev–Trinajstić information content (AvgIpc) is 3.33. The zero-order chi connectivity index (χ0) is 21.5. The number of aromatic nitrogens is 3. The van der Waals surface area contributed by atoms with Crippen LogP contribution in [0.2, 0.25) is 0 Å². The fourth-order valence-electron chi connectivity index (χ4n) is 2.93. The fraction of sp³-hybridized carbons (Fsp3) is 0.130. The molecule has 0 unspecified atom stereocenters. The predicted molar refractivity (Wildman–Crippen MR) is 125 cm³/mol. The normalized spacial score (nSPS) is 10.5. The largest absolute Gasteiger partial charge is 0.367 e. The maximum Gasteiger partial charge on any atom is 0.251 e. The second-order valence-electron chi connectivity index (χ2n) is 6.88. The number of thiophene rings is 1. The van der Waals surface area contributed by atoms with Crippen LogP contribution < -0.4 is 16.0 Å². The first-order valence-electron chi connectivity index (χ1n) is 9.87. The molecular formula is C23H22N6OS. The van der Waals surface area contributed by atoms with E-state index in [0.717, 1.165) is 16.9 Å². The number of anilines is 3. The van der Waals surface area contributed by atoms with Crippen LogP contribution in [0.4, 0.5) is 17.5 Å². The third-order valence-corrected chi connectivity index (χ3v) is 5.42. The topological polar surface area (TPSA) is 91.8 Å². The standard InChI is InChI=1S/C23H22N6OS/c1-16-10-11-24-22(15-16)27-21-9-8-20(28-29-21)25-12-13-26-23(30)18-6-4-17(5-7-18)19-3-2-14-31-19/h2-11,14-15H,12-13H2,1H3,(H,25,28)(H,26,30)(H,24,27,29). The summed E-state index contributed by atoms with van der Waals surface area (Å²) in [6.07, 6.45) is 1.74. The molecule has 0 spiro atoms. The summed E-state index contributed by atoms with van der Waals surface area (Å²) in [7, 11) is 0. The van der Waals surface area contributed by atoms with Crippen LogP contribution in [0.15, 0.2) is 72.2 Å². The molecule has 3 heterocycles. The minimum Gasteiger partial charge on any atom is -0.367 e. The first-order chi connectivity index (χ1) is 15.2. The Balaban J connectivity index is 1.22. The smallest absolute Gasteiger partial charge is 0.251 e. The molecule has 7 nitrogen and oxygen atoms in total. The van der Waals surface area contributed by atoms with Gasteiger partial charge in [-0.25, -0.2) is 4.98 Å². The van der Waals surface area contributed by atoms with Gasteiger partial charge in [-0.2, -0.15) is 0 Å². The van der Waals surface area contributed by atoms with E-state index in [-0.39, 0.29) is 5.91 Å². The van der Waals surface area contributed by atoms with Crippen LogP contribution in [0.3, 0.4) is 0 Å². The van der Waals surface area contributed by atoms with Gasteiger partial charge in [0, 0.05) is 29.7 Å². The maximum atomic E-state index is 12.3. The van der Waals surface area contributed by atoms with Crippen LogP contribution in [-0.4, -0.2) is 34.2 Å². The number of nitrogens with one attached hydrogen (secondary N) is 3. The highest BCUT2D eigenvalue weighted by Gasteiger charge is 2.06. The van der Waals surface area contributed by atoms with Crippen molar-refractivity contribution in [3.63, 3.8) is 0 Å². The number of rotatable bonds is 8. The Labute approximate surface area is 184 Å². The number of benzene rings is 1. The summed E-state index contributed by atoms with van der Waals surface area (Å²) in [5, 5.41) is 19.5. The van der Waals surface area contributed by atoms with Crippen molar-refractivity contribution in [3.8, 4) is 10.4 Å². The number of hydrogen-bond acceptors (Lipinski definition) is 7. The van der Waals surface area contributed by atoms with Gasteiger partial charge in [-0.3, -0.25) is 4.79 Å². The first-order valence-corrected chi connectivity index (χ1v) is 10.7. The van der Waals surface area contributed by atoms with Crippen molar-refractivity contribution in [1.29, 1.82) is 0 Å². The van der Waals surface area contributed by atoms with E-state index in [1.54, 1.807) is 17.5 Å². The van der Waals surface area contributed by atoms with Gasteiger partial charge in [0.25, 0.3) is 5.91 Å². The molecule has 0 radical (unpaired) electrons. The van der Waals surface area contributed by atoms with Crippen LogP contribution in [0.25, 0.3) is 10.4 Å². The average molecular weight is 431 g/mol. The Hall–Kier alpha value is -3.78. The lowest BCUT2D eigenvalue weighted by Crippen LogP contribution is -2.28. The molecule has 1 amide bonds. The highest BCUT2D eigenvalue weighted by Crippen LogP contribution is 2.24. The van der Waals surface area contributed by atoms with E-state index < -0.39 is 0 Å². The van der Waals surface area contributed by atoms with Gasteiger partial charge < -0.3 is 16.0 Å². The van der Waals surface area contributed by atoms with Crippen molar-refractivity contribution >= 4 is 34.7 Å². The molecule has 0 aliphatic heterocycles. The van der Waals surface area contributed by atoms with Crippen molar-refractivity contribution in [2.24, 2.45) is 0 Å². The summed E-state index contributed by atoms with van der Waals surface area (Å²) >= 11 is 1.68. The van der Waals surface area contributed by atoms with Crippen LogP contribution in [-0.2, 0) is 0 Å². The Morgan fingerprint density at radius 2 is 1.74 bits per heavy atom. The van der Waals surface area contributed by atoms with E-state index in [1.165, 1.54) is 4.88 Å². The van der Waals surface area contributed by atoms with E-state index in [1.807, 2.05) is 66.9 Å². The van der Waals surface area contributed by atoms with Gasteiger partial charge >= 0.3 is 0 Å². The SMILES string of the molecule is Cc1ccnc(Nc2ccc(NCCNC(=O)c3ccc(-c4cccs4)cc3)nn2)c1. The molecule has 4 rings (SSSR count). The van der Waals surface area contributed by atoms with Crippen molar-refractivity contribution in [2.75, 3.05) is 23.7 Å². The number of amides is 1. The number of aryl methyl sites for hydroxylation is 1. The van der Waals surface area contributed by atoms with E-state index in [2.05, 4.69) is 37.2 Å². The Morgan fingerprint density at radius 1 is 0.935 bits per heavy atom. The molecule has 0 fully saturated rings. The molecule has 0 saturated carbocycles. The van der Waals surface area contributed by atoms with Gasteiger partial charge in [0.15, 0.2) is 5.82 Å². The zero-order valence-electron chi connectivity index (χ0n) is 17.0. The van der Waals surface area contributed by atoms with Crippen LogP contribution >= 0.6 is 11.3 Å². The Bertz CT molecular complexity index is 1130. The molecular weight excluding hydrogens is 408 g/mol. The maximum absolute atomic E-state index is 12.3. The van der Waals surface area contributed by atoms with E-state index in [9.17, 15) is 4.79 Å². The minimum absolute atomic E-state index is 0.101. The summed E-state index contributed by atoms with van der Waals surface area (Å²) in [6, 6.07) is 19.2. The van der Waals surface area contributed by atoms with Gasteiger partial charge in [-0.1, -0.05) is 18.2 Å².